The van der Waals surface area contributed by atoms with Crippen LogP contribution in [0.15, 0.2) is 30.3 Å². The number of carbonyl (C=O) groups is 4. The van der Waals surface area contributed by atoms with Gasteiger partial charge in [-0.05, 0) is 25.0 Å². The van der Waals surface area contributed by atoms with Crippen molar-refractivity contribution in [1.82, 2.24) is 20.4 Å². The lowest BCUT2D eigenvalue weighted by Crippen LogP contribution is -2.53. The van der Waals surface area contributed by atoms with E-state index in [4.69, 9.17) is 4.74 Å². The first-order chi connectivity index (χ1) is 14.0. The van der Waals surface area contributed by atoms with Gasteiger partial charge >= 0.3 is 0 Å². The lowest BCUT2D eigenvalue weighted by Gasteiger charge is -2.29. The van der Waals surface area contributed by atoms with Crippen molar-refractivity contribution in [2.45, 2.75) is 37.0 Å². The molecule has 0 aromatic heterocycles. The number of hydrogen-bond acceptors (Lipinski definition) is 5. The Hall–Kier alpha value is -2.94. The number of amides is 4. The Kier molecular flexibility index (Phi) is 5.23. The van der Waals surface area contributed by atoms with Gasteiger partial charge in [0.25, 0.3) is 5.91 Å². The fraction of sp³-hybridized carbons (Fsp3) is 0.500. The van der Waals surface area contributed by atoms with Crippen LogP contribution in [0, 0.1) is 0 Å². The van der Waals surface area contributed by atoms with E-state index in [2.05, 4.69) is 10.6 Å². The Balaban J connectivity index is 1.50. The summed E-state index contributed by atoms with van der Waals surface area (Å²) >= 11 is 0. The minimum atomic E-state index is -0.727. The van der Waals surface area contributed by atoms with Crippen molar-refractivity contribution in [1.29, 1.82) is 0 Å². The van der Waals surface area contributed by atoms with Crippen molar-refractivity contribution in [2.75, 3.05) is 26.8 Å². The van der Waals surface area contributed by atoms with E-state index >= 15 is 0 Å². The van der Waals surface area contributed by atoms with Crippen LogP contribution in [0.2, 0.25) is 0 Å². The fourth-order valence-corrected chi connectivity index (χ4v) is 4.47. The predicted molar refractivity (Wildman–Crippen MR) is 102 cm³/mol. The van der Waals surface area contributed by atoms with E-state index in [0.717, 1.165) is 0 Å². The largest absolute Gasteiger partial charge is 0.375 e. The Bertz CT molecular complexity index is 829. The molecule has 9 heteroatoms. The molecule has 3 heterocycles. The van der Waals surface area contributed by atoms with E-state index in [9.17, 15) is 19.2 Å². The van der Waals surface area contributed by atoms with Crippen LogP contribution in [0.5, 0.6) is 0 Å². The topological polar surface area (TPSA) is 108 Å². The zero-order valence-corrected chi connectivity index (χ0v) is 16.2. The van der Waals surface area contributed by atoms with Gasteiger partial charge in [0.1, 0.15) is 18.7 Å². The van der Waals surface area contributed by atoms with E-state index in [1.54, 1.807) is 24.3 Å². The minimum absolute atomic E-state index is 0.108. The average molecular weight is 400 g/mol. The standard InChI is InChI=1S/C20H24N4O5/c1-29-11-16(25)23-8-7-14-17(23)20(28)24-10-13(9-15(24)19(27)22-14)21-18(26)12-5-3-2-4-6-12/h2-6,13-15,17H,7-11H2,1H3,(H,21,26)(H,22,27)/t13-,14-,15+,17-/m0/s1. The second-order valence-electron chi connectivity index (χ2n) is 7.65. The van der Waals surface area contributed by atoms with Crippen LogP contribution in [0.4, 0.5) is 0 Å². The summed E-state index contributed by atoms with van der Waals surface area (Å²) in [7, 11) is 1.43. The van der Waals surface area contributed by atoms with Crippen molar-refractivity contribution >= 4 is 23.6 Å². The molecule has 0 saturated carbocycles. The van der Waals surface area contributed by atoms with Gasteiger partial charge in [-0.1, -0.05) is 18.2 Å². The monoisotopic (exact) mass is 400 g/mol. The number of ether oxygens (including phenoxy) is 1. The van der Waals surface area contributed by atoms with Gasteiger partial charge in [0.2, 0.25) is 17.7 Å². The van der Waals surface area contributed by atoms with E-state index in [1.165, 1.54) is 16.9 Å². The summed E-state index contributed by atoms with van der Waals surface area (Å²) in [6.45, 7) is 0.533. The highest BCUT2D eigenvalue weighted by Gasteiger charge is 2.52. The lowest BCUT2D eigenvalue weighted by atomic mass is 10.1. The third kappa shape index (κ3) is 3.57. The van der Waals surface area contributed by atoms with E-state index in [-0.39, 0.29) is 42.8 Å². The maximum absolute atomic E-state index is 13.3. The fourth-order valence-electron chi connectivity index (χ4n) is 4.47. The Morgan fingerprint density at radius 3 is 2.72 bits per heavy atom. The number of likely N-dealkylation sites (tertiary alicyclic amines) is 1. The molecule has 0 radical (unpaired) electrons. The molecule has 3 aliphatic rings. The zero-order valence-electron chi connectivity index (χ0n) is 16.2. The number of nitrogens with zero attached hydrogens (tertiary/aromatic N) is 2. The summed E-state index contributed by atoms with van der Waals surface area (Å²) in [5.41, 5.74) is 0.526. The summed E-state index contributed by atoms with van der Waals surface area (Å²) in [4.78, 5) is 53.8. The van der Waals surface area contributed by atoms with Crippen molar-refractivity contribution in [3.8, 4) is 0 Å². The van der Waals surface area contributed by atoms with Gasteiger partial charge in [0.05, 0.1) is 6.04 Å². The summed E-state index contributed by atoms with van der Waals surface area (Å²) in [6.07, 6.45) is 0.883. The Labute approximate surface area is 168 Å². The van der Waals surface area contributed by atoms with Crippen molar-refractivity contribution < 1.29 is 23.9 Å². The number of carbonyl (C=O) groups excluding carboxylic acids is 4. The van der Waals surface area contributed by atoms with E-state index in [1.807, 2.05) is 6.07 Å². The molecule has 4 atom stereocenters. The minimum Gasteiger partial charge on any atom is -0.375 e. The SMILES string of the molecule is COCC(=O)N1CC[C@@H]2NC(=O)[C@H]3C[C@H](NC(=O)c4ccccc4)CN3C(=O)[C@H]21. The van der Waals surface area contributed by atoms with Crippen LogP contribution in [-0.2, 0) is 19.1 Å². The van der Waals surface area contributed by atoms with Crippen LogP contribution in [-0.4, -0.2) is 84.4 Å². The van der Waals surface area contributed by atoms with Crippen LogP contribution in [0.1, 0.15) is 23.2 Å². The molecular formula is C20H24N4O5. The maximum Gasteiger partial charge on any atom is 0.251 e. The molecule has 29 heavy (non-hydrogen) atoms. The highest BCUT2D eigenvalue weighted by molar-refractivity contribution is 5.97. The van der Waals surface area contributed by atoms with Gasteiger partial charge in [0, 0.05) is 31.8 Å². The molecule has 4 rings (SSSR count). The smallest absolute Gasteiger partial charge is 0.251 e. The van der Waals surface area contributed by atoms with Crippen LogP contribution < -0.4 is 10.6 Å². The van der Waals surface area contributed by atoms with Crippen LogP contribution >= 0.6 is 0 Å². The number of benzene rings is 1. The molecule has 1 aromatic carbocycles. The van der Waals surface area contributed by atoms with Crippen molar-refractivity contribution in [3.63, 3.8) is 0 Å². The molecule has 0 bridgehead atoms. The Morgan fingerprint density at radius 2 is 2.00 bits per heavy atom. The van der Waals surface area contributed by atoms with Crippen LogP contribution in [0.25, 0.3) is 0 Å². The molecule has 3 saturated heterocycles. The highest BCUT2D eigenvalue weighted by atomic mass is 16.5. The second kappa shape index (κ2) is 7.82. The van der Waals surface area contributed by atoms with Gasteiger partial charge in [0.15, 0.2) is 0 Å². The molecule has 1 aromatic rings. The molecule has 4 amide bonds. The molecule has 0 unspecified atom stereocenters. The number of fused-ring (bicyclic) bond motifs is 2. The van der Waals surface area contributed by atoms with Gasteiger partial charge in [-0.2, -0.15) is 0 Å². The predicted octanol–water partition coefficient (Wildman–Crippen LogP) is -0.868. The first-order valence-electron chi connectivity index (χ1n) is 9.74. The summed E-state index contributed by atoms with van der Waals surface area (Å²) in [5.74, 6) is -0.994. The van der Waals surface area contributed by atoms with Crippen molar-refractivity contribution in [2.24, 2.45) is 0 Å². The highest BCUT2D eigenvalue weighted by Crippen LogP contribution is 2.29. The summed E-state index contributed by atoms with van der Waals surface area (Å²) in [5, 5.41) is 5.84. The zero-order chi connectivity index (χ0) is 20.5. The number of nitrogens with one attached hydrogen (secondary N) is 2. The first-order valence-corrected chi connectivity index (χ1v) is 9.74. The number of rotatable bonds is 4. The Morgan fingerprint density at radius 1 is 1.24 bits per heavy atom. The van der Waals surface area contributed by atoms with Gasteiger partial charge < -0.3 is 25.2 Å². The summed E-state index contributed by atoms with van der Waals surface area (Å²) < 4.78 is 4.92. The van der Waals surface area contributed by atoms with Gasteiger partial charge in [-0.15, -0.1) is 0 Å². The molecule has 0 aliphatic carbocycles. The normalized spacial score (nSPS) is 28.4. The van der Waals surface area contributed by atoms with Crippen LogP contribution in [0.3, 0.4) is 0 Å². The molecule has 9 nitrogen and oxygen atoms in total. The lowest BCUT2D eigenvalue weighted by molar-refractivity contribution is -0.146. The molecule has 0 spiro atoms. The maximum atomic E-state index is 13.3. The first kappa shape index (κ1) is 19.4. The van der Waals surface area contributed by atoms with E-state index < -0.39 is 18.1 Å². The summed E-state index contributed by atoms with van der Waals surface area (Å²) in [6, 6.07) is 6.71. The van der Waals surface area contributed by atoms with Gasteiger partial charge in [-0.25, -0.2) is 0 Å². The number of methoxy groups -OCH3 is 1. The number of hydrogen-bond donors (Lipinski definition) is 2. The quantitative estimate of drug-likeness (QED) is 0.683. The molecule has 154 valence electrons. The van der Waals surface area contributed by atoms with Gasteiger partial charge in [-0.3, -0.25) is 19.2 Å². The third-order valence-electron chi connectivity index (χ3n) is 5.82. The average Bonchev–Trinajstić information content (AvgIpc) is 3.31. The van der Waals surface area contributed by atoms with Crippen molar-refractivity contribution in [3.05, 3.63) is 35.9 Å². The molecule has 2 N–H and O–H groups in total. The molecule has 3 aliphatic heterocycles. The molecular weight excluding hydrogens is 376 g/mol. The molecule has 3 fully saturated rings. The third-order valence-corrected chi connectivity index (χ3v) is 5.82. The second-order valence-corrected chi connectivity index (χ2v) is 7.65. The van der Waals surface area contributed by atoms with E-state index in [0.29, 0.717) is 24.9 Å².